The van der Waals surface area contributed by atoms with E-state index in [9.17, 15) is 4.79 Å². The van der Waals surface area contributed by atoms with Crippen LogP contribution in [0.4, 0.5) is 10.5 Å². The summed E-state index contributed by atoms with van der Waals surface area (Å²) in [6.45, 7) is 7.51. The zero-order chi connectivity index (χ0) is 19.7. The van der Waals surface area contributed by atoms with Gasteiger partial charge < -0.3 is 10.6 Å². The first-order chi connectivity index (χ1) is 13.5. The predicted molar refractivity (Wildman–Crippen MR) is 115 cm³/mol. The van der Waals surface area contributed by atoms with Gasteiger partial charge in [-0.05, 0) is 38.3 Å². The Bertz CT molecular complexity index is 1080. The zero-order valence-corrected chi connectivity index (χ0v) is 16.5. The number of amides is 2. The molecule has 5 nitrogen and oxygen atoms in total. The second-order valence-electron chi connectivity index (χ2n) is 6.73. The number of urea groups is 1. The van der Waals surface area contributed by atoms with E-state index in [0.717, 1.165) is 44.3 Å². The number of hydrogen-bond donors (Lipinski definition) is 2. The van der Waals surface area contributed by atoms with E-state index in [4.69, 9.17) is 4.98 Å². The molecule has 140 valence electrons. The molecule has 4 rings (SSSR count). The molecule has 0 fully saturated rings. The van der Waals surface area contributed by atoms with Crippen LogP contribution in [0.15, 0.2) is 64.6 Å². The fourth-order valence-electron chi connectivity index (χ4n) is 3.34. The number of hydrogen-bond acceptors (Lipinski definition) is 4. The van der Waals surface area contributed by atoms with E-state index in [1.54, 1.807) is 11.3 Å². The molecule has 0 saturated heterocycles. The summed E-state index contributed by atoms with van der Waals surface area (Å²) >= 11 is 1.57. The number of aryl methyl sites for hydroxylation is 1. The Hall–Kier alpha value is -3.25. The second kappa shape index (κ2) is 7.40. The van der Waals surface area contributed by atoms with E-state index in [2.05, 4.69) is 28.4 Å². The number of thiazole rings is 1. The molecule has 3 aromatic rings. The highest BCUT2D eigenvalue weighted by Crippen LogP contribution is 2.37. The molecular formula is C22H20N4OS. The van der Waals surface area contributed by atoms with Crippen LogP contribution in [0.2, 0.25) is 0 Å². The Morgan fingerprint density at radius 1 is 1.14 bits per heavy atom. The predicted octanol–water partition coefficient (Wildman–Crippen LogP) is 5.24. The van der Waals surface area contributed by atoms with Crippen molar-refractivity contribution in [3.8, 4) is 11.3 Å². The van der Waals surface area contributed by atoms with Crippen LogP contribution in [-0.2, 0) is 0 Å². The number of allylic oxidation sites excluding steroid dienone is 1. The highest BCUT2D eigenvalue weighted by atomic mass is 32.1. The van der Waals surface area contributed by atoms with Gasteiger partial charge in [-0.3, -0.25) is 4.99 Å². The SMILES string of the molecule is C=Nc1ccc(-c2csc(C3=C(C)NC(=O)NC3c3cccc(C)c3)n2)cc1. The second-order valence-corrected chi connectivity index (χ2v) is 7.59. The minimum Gasteiger partial charge on any atom is -0.327 e. The summed E-state index contributed by atoms with van der Waals surface area (Å²) in [7, 11) is 0. The Labute approximate surface area is 167 Å². The largest absolute Gasteiger partial charge is 0.327 e. The van der Waals surface area contributed by atoms with Crippen molar-refractivity contribution in [3.05, 3.63) is 75.7 Å². The molecule has 1 aliphatic heterocycles. The summed E-state index contributed by atoms with van der Waals surface area (Å²) in [5.74, 6) is 0. The first kappa shape index (κ1) is 18.1. The number of rotatable bonds is 4. The molecule has 28 heavy (non-hydrogen) atoms. The highest BCUT2D eigenvalue weighted by Gasteiger charge is 2.29. The molecule has 0 radical (unpaired) electrons. The zero-order valence-electron chi connectivity index (χ0n) is 15.7. The molecular weight excluding hydrogens is 368 g/mol. The fourth-order valence-corrected chi connectivity index (χ4v) is 4.31. The molecule has 1 aromatic heterocycles. The van der Waals surface area contributed by atoms with E-state index in [1.165, 1.54) is 0 Å². The lowest BCUT2D eigenvalue weighted by atomic mass is 9.95. The lowest BCUT2D eigenvalue weighted by Gasteiger charge is -2.28. The molecule has 1 aliphatic rings. The van der Waals surface area contributed by atoms with Crippen molar-refractivity contribution < 1.29 is 4.79 Å². The number of nitrogens with zero attached hydrogens (tertiary/aromatic N) is 2. The summed E-state index contributed by atoms with van der Waals surface area (Å²) < 4.78 is 0. The van der Waals surface area contributed by atoms with Gasteiger partial charge in [0.25, 0.3) is 0 Å². The minimum atomic E-state index is -0.236. The normalized spacial score (nSPS) is 16.5. The number of carbonyl (C=O) groups excluding carboxylic acids is 1. The first-order valence-corrected chi connectivity index (χ1v) is 9.81. The third-order valence-electron chi connectivity index (χ3n) is 4.72. The Morgan fingerprint density at radius 2 is 1.93 bits per heavy atom. The van der Waals surface area contributed by atoms with Gasteiger partial charge in [0.2, 0.25) is 0 Å². The van der Waals surface area contributed by atoms with Crippen LogP contribution in [0.3, 0.4) is 0 Å². The van der Waals surface area contributed by atoms with E-state index >= 15 is 0 Å². The van der Waals surface area contributed by atoms with Gasteiger partial charge in [-0.1, -0.05) is 42.0 Å². The Morgan fingerprint density at radius 3 is 2.64 bits per heavy atom. The summed E-state index contributed by atoms with van der Waals surface area (Å²) in [4.78, 5) is 20.9. The van der Waals surface area contributed by atoms with Crippen LogP contribution in [0.5, 0.6) is 0 Å². The first-order valence-electron chi connectivity index (χ1n) is 8.93. The van der Waals surface area contributed by atoms with Crippen molar-refractivity contribution in [2.75, 3.05) is 0 Å². The molecule has 0 spiro atoms. The van der Waals surface area contributed by atoms with Crippen molar-refractivity contribution in [1.29, 1.82) is 0 Å². The lowest BCUT2D eigenvalue weighted by Crippen LogP contribution is -2.42. The summed E-state index contributed by atoms with van der Waals surface area (Å²) in [6, 6.07) is 15.6. The van der Waals surface area contributed by atoms with E-state index < -0.39 is 0 Å². The van der Waals surface area contributed by atoms with Crippen molar-refractivity contribution >= 4 is 35.3 Å². The average Bonchev–Trinajstić information content (AvgIpc) is 3.17. The van der Waals surface area contributed by atoms with Crippen LogP contribution in [0, 0.1) is 6.92 Å². The monoisotopic (exact) mass is 388 g/mol. The van der Waals surface area contributed by atoms with Gasteiger partial charge in [-0.15, -0.1) is 11.3 Å². The van der Waals surface area contributed by atoms with Gasteiger partial charge >= 0.3 is 6.03 Å². The van der Waals surface area contributed by atoms with Crippen LogP contribution in [0.1, 0.15) is 29.1 Å². The molecule has 2 amide bonds. The van der Waals surface area contributed by atoms with E-state index in [0.29, 0.717) is 0 Å². The third kappa shape index (κ3) is 3.46. The van der Waals surface area contributed by atoms with Gasteiger partial charge in [0.15, 0.2) is 0 Å². The Balaban J connectivity index is 1.74. The molecule has 1 atom stereocenters. The van der Waals surface area contributed by atoms with Gasteiger partial charge in [-0.2, -0.15) is 0 Å². The van der Waals surface area contributed by atoms with Crippen molar-refractivity contribution in [1.82, 2.24) is 15.6 Å². The number of benzene rings is 2. The molecule has 2 heterocycles. The standard InChI is InChI=1S/C22H20N4OS/c1-13-5-4-6-16(11-13)20-19(14(2)24-22(27)26-20)21-25-18(12-28-21)15-7-9-17(23-3)10-8-15/h4-12,20H,3H2,1-2H3,(H2,24,26,27). The van der Waals surface area contributed by atoms with Gasteiger partial charge in [0.05, 0.1) is 17.4 Å². The van der Waals surface area contributed by atoms with Gasteiger partial charge in [0.1, 0.15) is 5.01 Å². The van der Waals surface area contributed by atoms with Crippen LogP contribution >= 0.6 is 11.3 Å². The molecule has 0 saturated carbocycles. The number of nitrogens with one attached hydrogen (secondary N) is 2. The van der Waals surface area contributed by atoms with Gasteiger partial charge in [0, 0.05) is 22.2 Å². The van der Waals surface area contributed by atoms with Crippen LogP contribution < -0.4 is 10.6 Å². The number of carbonyl (C=O) groups is 1. The van der Waals surface area contributed by atoms with Crippen molar-refractivity contribution in [3.63, 3.8) is 0 Å². The topological polar surface area (TPSA) is 66.4 Å². The molecule has 1 unspecified atom stereocenters. The molecule has 0 bridgehead atoms. The summed E-state index contributed by atoms with van der Waals surface area (Å²) in [6.07, 6.45) is 0. The molecule has 6 heteroatoms. The lowest BCUT2D eigenvalue weighted by molar-refractivity contribution is 0.240. The minimum absolute atomic E-state index is 0.197. The van der Waals surface area contributed by atoms with E-state index in [-0.39, 0.29) is 12.1 Å². The maximum Gasteiger partial charge on any atom is 0.319 e. The smallest absolute Gasteiger partial charge is 0.319 e. The van der Waals surface area contributed by atoms with Crippen molar-refractivity contribution in [2.45, 2.75) is 19.9 Å². The quantitative estimate of drug-likeness (QED) is 0.601. The van der Waals surface area contributed by atoms with Crippen molar-refractivity contribution in [2.24, 2.45) is 4.99 Å². The van der Waals surface area contributed by atoms with E-state index in [1.807, 2.05) is 61.7 Å². The molecule has 2 N–H and O–H groups in total. The third-order valence-corrected chi connectivity index (χ3v) is 5.60. The summed E-state index contributed by atoms with van der Waals surface area (Å²) in [5, 5.41) is 8.85. The number of aliphatic imine (C=N–C) groups is 1. The highest BCUT2D eigenvalue weighted by molar-refractivity contribution is 7.11. The average molecular weight is 388 g/mol. The fraction of sp³-hybridized carbons (Fsp3) is 0.136. The van der Waals surface area contributed by atoms with Crippen LogP contribution in [0.25, 0.3) is 16.8 Å². The maximum absolute atomic E-state index is 12.1. The van der Waals surface area contributed by atoms with Gasteiger partial charge in [-0.25, -0.2) is 9.78 Å². The summed E-state index contributed by atoms with van der Waals surface area (Å²) in [5.41, 5.74) is 6.76. The molecule has 2 aromatic carbocycles. The van der Waals surface area contributed by atoms with Crippen LogP contribution in [-0.4, -0.2) is 17.7 Å². The number of aromatic nitrogens is 1. The maximum atomic E-state index is 12.1. The molecule has 0 aliphatic carbocycles. The Kier molecular flexibility index (Phi) is 4.79.